The third kappa shape index (κ3) is 2.88. The molecule has 0 aliphatic carbocycles. The van der Waals surface area contributed by atoms with Crippen molar-refractivity contribution in [3.8, 4) is 5.75 Å². The molecule has 0 bridgehead atoms. The lowest BCUT2D eigenvalue weighted by Crippen LogP contribution is -2.02. The first kappa shape index (κ1) is 12.2. The van der Waals surface area contributed by atoms with Crippen molar-refractivity contribution in [1.82, 2.24) is 9.97 Å². The van der Waals surface area contributed by atoms with Gasteiger partial charge in [-0.05, 0) is 23.8 Å². The van der Waals surface area contributed by atoms with E-state index < -0.39 is 0 Å². The molecule has 0 spiro atoms. The summed E-state index contributed by atoms with van der Waals surface area (Å²) in [7, 11) is 3.54. The second kappa shape index (κ2) is 5.86. The number of nitrogens with zero attached hydrogens (tertiary/aromatic N) is 2. The summed E-state index contributed by atoms with van der Waals surface area (Å²) in [6.07, 6.45) is 3.23. The van der Waals surface area contributed by atoms with Gasteiger partial charge in [-0.2, -0.15) is 0 Å². The summed E-state index contributed by atoms with van der Waals surface area (Å²) in [4.78, 5) is 7.98. The highest BCUT2D eigenvalue weighted by Crippen LogP contribution is 2.25. The lowest BCUT2D eigenvalue weighted by atomic mass is 10.2. The maximum Gasteiger partial charge on any atom is 0.141 e. The zero-order valence-electron chi connectivity index (χ0n) is 10.5. The Kier molecular flexibility index (Phi) is 3.96. The first-order valence-electron chi connectivity index (χ1n) is 5.68. The van der Waals surface area contributed by atoms with Crippen molar-refractivity contribution in [3.05, 3.63) is 42.4 Å². The lowest BCUT2D eigenvalue weighted by Gasteiger charge is -2.11. The summed E-state index contributed by atoms with van der Waals surface area (Å²) in [6, 6.07) is 7.85. The lowest BCUT2D eigenvalue weighted by molar-refractivity contribution is 0.416. The molecule has 2 aromatic rings. The Labute approximate surface area is 106 Å². The second-order valence-corrected chi connectivity index (χ2v) is 3.73. The van der Waals surface area contributed by atoms with Gasteiger partial charge in [0.15, 0.2) is 0 Å². The van der Waals surface area contributed by atoms with Gasteiger partial charge in [-0.1, -0.05) is 6.07 Å². The molecule has 18 heavy (non-hydrogen) atoms. The number of anilines is 2. The van der Waals surface area contributed by atoms with Crippen LogP contribution in [0, 0.1) is 0 Å². The second-order valence-electron chi connectivity index (χ2n) is 3.73. The Morgan fingerprint density at radius 1 is 1.28 bits per heavy atom. The van der Waals surface area contributed by atoms with Crippen molar-refractivity contribution in [2.75, 3.05) is 24.8 Å². The molecule has 5 nitrogen and oxygen atoms in total. The van der Waals surface area contributed by atoms with Crippen molar-refractivity contribution in [2.45, 2.75) is 6.54 Å². The predicted molar refractivity (Wildman–Crippen MR) is 71.9 cm³/mol. The van der Waals surface area contributed by atoms with Gasteiger partial charge < -0.3 is 15.4 Å². The van der Waals surface area contributed by atoms with Gasteiger partial charge >= 0.3 is 0 Å². The van der Waals surface area contributed by atoms with Gasteiger partial charge in [0.1, 0.15) is 17.9 Å². The van der Waals surface area contributed by atoms with E-state index in [1.54, 1.807) is 13.3 Å². The normalized spacial score (nSPS) is 9.89. The van der Waals surface area contributed by atoms with Crippen LogP contribution < -0.4 is 15.4 Å². The number of hydrogen-bond acceptors (Lipinski definition) is 5. The highest BCUT2D eigenvalue weighted by atomic mass is 16.5. The zero-order chi connectivity index (χ0) is 12.8. The maximum absolute atomic E-state index is 5.25. The molecule has 94 valence electrons. The third-order valence-corrected chi connectivity index (χ3v) is 2.59. The van der Waals surface area contributed by atoms with Crippen molar-refractivity contribution < 1.29 is 4.74 Å². The molecular weight excluding hydrogens is 228 g/mol. The largest absolute Gasteiger partial charge is 0.495 e. The third-order valence-electron chi connectivity index (χ3n) is 2.59. The van der Waals surface area contributed by atoms with Crippen molar-refractivity contribution in [2.24, 2.45) is 0 Å². The monoisotopic (exact) mass is 244 g/mol. The average Bonchev–Trinajstić information content (AvgIpc) is 2.45. The Hall–Kier alpha value is -2.30. The molecule has 0 aliphatic heterocycles. The van der Waals surface area contributed by atoms with Crippen LogP contribution in [0.3, 0.4) is 0 Å². The van der Waals surface area contributed by atoms with E-state index in [0.29, 0.717) is 6.54 Å². The van der Waals surface area contributed by atoms with Gasteiger partial charge in [-0.15, -0.1) is 0 Å². The summed E-state index contributed by atoms with van der Waals surface area (Å²) < 4.78 is 5.25. The molecule has 2 rings (SSSR count). The van der Waals surface area contributed by atoms with Gasteiger partial charge in [0, 0.05) is 19.8 Å². The Bertz CT molecular complexity index is 502. The fourth-order valence-corrected chi connectivity index (χ4v) is 1.65. The summed E-state index contributed by atoms with van der Waals surface area (Å²) >= 11 is 0. The Morgan fingerprint density at radius 3 is 2.83 bits per heavy atom. The molecule has 0 saturated carbocycles. The SMILES string of the molecule is CNc1cc(CNc2ccncn2)ccc1OC. The van der Waals surface area contributed by atoms with Gasteiger partial charge in [-0.3, -0.25) is 0 Å². The fourth-order valence-electron chi connectivity index (χ4n) is 1.65. The van der Waals surface area contributed by atoms with Gasteiger partial charge in [0.25, 0.3) is 0 Å². The first-order valence-corrected chi connectivity index (χ1v) is 5.68. The standard InChI is InChI=1S/C13H16N4O/c1-14-11-7-10(3-4-12(11)18-2)8-16-13-5-6-15-9-17-13/h3-7,9,14H,8H2,1-2H3,(H,15,16,17). The number of hydrogen-bond donors (Lipinski definition) is 2. The van der Waals surface area contributed by atoms with Gasteiger partial charge in [0.05, 0.1) is 12.8 Å². The molecule has 0 saturated heterocycles. The number of rotatable bonds is 5. The summed E-state index contributed by atoms with van der Waals surface area (Å²) in [6.45, 7) is 0.704. The Morgan fingerprint density at radius 2 is 2.17 bits per heavy atom. The van der Waals surface area contributed by atoms with E-state index in [1.807, 2.05) is 31.3 Å². The van der Waals surface area contributed by atoms with Crippen LogP contribution in [0.2, 0.25) is 0 Å². The number of methoxy groups -OCH3 is 1. The minimum atomic E-state index is 0.704. The molecular formula is C13H16N4O. The van der Waals surface area contributed by atoms with Crippen LogP contribution >= 0.6 is 0 Å². The molecule has 1 heterocycles. The number of aromatic nitrogens is 2. The fraction of sp³-hybridized carbons (Fsp3) is 0.231. The zero-order valence-corrected chi connectivity index (χ0v) is 10.5. The van der Waals surface area contributed by atoms with Crippen LogP contribution in [0.25, 0.3) is 0 Å². The van der Waals surface area contributed by atoms with Gasteiger partial charge in [0.2, 0.25) is 0 Å². The number of nitrogens with one attached hydrogen (secondary N) is 2. The summed E-state index contributed by atoms with van der Waals surface area (Å²) in [5.41, 5.74) is 2.12. The highest BCUT2D eigenvalue weighted by molar-refractivity contribution is 5.58. The van der Waals surface area contributed by atoms with E-state index in [9.17, 15) is 0 Å². The minimum absolute atomic E-state index is 0.704. The van der Waals surface area contributed by atoms with Gasteiger partial charge in [-0.25, -0.2) is 9.97 Å². The van der Waals surface area contributed by atoms with Crippen molar-refractivity contribution in [3.63, 3.8) is 0 Å². The summed E-state index contributed by atoms with van der Waals surface area (Å²) in [5.74, 6) is 1.65. The van der Waals surface area contributed by atoms with Crippen LogP contribution in [-0.4, -0.2) is 24.1 Å². The van der Waals surface area contributed by atoms with E-state index in [0.717, 1.165) is 22.8 Å². The quantitative estimate of drug-likeness (QED) is 0.843. The van der Waals surface area contributed by atoms with Crippen molar-refractivity contribution in [1.29, 1.82) is 0 Å². The maximum atomic E-state index is 5.25. The van der Waals surface area contributed by atoms with E-state index in [-0.39, 0.29) is 0 Å². The molecule has 0 radical (unpaired) electrons. The number of ether oxygens (including phenoxy) is 1. The van der Waals surface area contributed by atoms with E-state index in [1.165, 1.54) is 6.33 Å². The number of benzene rings is 1. The smallest absolute Gasteiger partial charge is 0.141 e. The predicted octanol–water partition coefficient (Wildman–Crippen LogP) is 2.14. The van der Waals surface area contributed by atoms with E-state index >= 15 is 0 Å². The minimum Gasteiger partial charge on any atom is -0.495 e. The molecule has 1 aromatic carbocycles. The first-order chi connectivity index (χ1) is 8.83. The van der Waals surface area contributed by atoms with E-state index in [2.05, 4.69) is 20.6 Å². The van der Waals surface area contributed by atoms with E-state index in [4.69, 9.17) is 4.74 Å². The molecule has 1 aromatic heterocycles. The average molecular weight is 244 g/mol. The van der Waals surface area contributed by atoms with Crippen LogP contribution in [0.4, 0.5) is 11.5 Å². The molecule has 0 atom stereocenters. The molecule has 0 amide bonds. The van der Waals surface area contributed by atoms with Crippen LogP contribution in [-0.2, 0) is 6.54 Å². The summed E-state index contributed by atoms with van der Waals surface area (Å²) in [5, 5.41) is 6.34. The molecule has 5 heteroatoms. The molecule has 0 unspecified atom stereocenters. The molecule has 2 N–H and O–H groups in total. The van der Waals surface area contributed by atoms with Crippen LogP contribution in [0.1, 0.15) is 5.56 Å². The van der Waals surface area contributed by atoms with Crippen molar-refractivity contribution >= 4 is 11.5 Å². The van der Waals surface area contributed by atoms with Crippen LogP contribution in [0.5, 0.6) is 5.75 Å². The molecule has 0 aliphatic rings. The van der Waals surface area contributed by atoms with Crippen LogP contribution in [0.15, 0.2) is 36.8 Å². The topological polar surface area (TPSA) is 59.1 Å². The highest BCUT2D eigenvalue weighted by Gasteiger charge is 2.02. The molecule has 0 fully saturated rings. The Balaban J connectivity index is 2.06.